The molecule has 0 bridgehead atoms. The van der Waals surface area contributed by atoms with Crippen LogP contribution in [0.3, 0.4) is 0 Å². The van der Waals surface area contributed by atoms with Crippen LogP contribution in [0.1, 0.15) is 38.3 Å². The van der Waals surface area contributed by atoms with Gasteiger partial charge in [0.1, 0.15) is 0 Å². The molecular weight excluding hydrogens is 327 g/mol. The highest BCUT2D eigenvalue weighted by Crippen LogP contribution is 2.33. The topological polar surface area (TPSA) is 34.1 Å². The predicted octanol–water partition coefficient (Wildman–Crippen LogP) is 4.31. The maximum absolute atomic E-state index is 12.3. The summed E-state index contributed by atoms with van der Waals surface area (Å²) in [6, 6.07) is 7.97. The first-order valence-electron chi connectivity index (χ1n) is 6.99. The summed E-state index contributed by atoms with van der Waals surface area (Å²) in [6.07, 6.45) is 0.434. The van der Waals surface area contributed by atoms with Gasteiger partial charge in [0, 0.05) is 17.2 Å². The molecule has 2 nitrogen and oxygen atoms in total. The number of aryl methyl sites for hydroxylation is 1. The first-order valence-corrected chi connectivity index (χ1v) is 9.71. The summed E-state index contributed by atoms with van der Waals surface area (Å²) in [7, 11) is -3.19. The van der Waals surface area contributed by atoms with E-state index in [1.165, 1.54) is 0 Å². The Bertz CT molecular complexity index is 570. The summed E-state index contributed by atoms with van der Waals surface area (Å²) in [6.45, 7) is 7.16. The van der Waals surface area contributed by atoms with Gasteiger partial charge in [0.25, 0.3) is 0 Å². The Balaban J connectivity index is 3.09. The Morgan fingerprint density at radius 2 is 1.67 bits per heavy atom. The van der Waals surface area contributed by atoms with Crippen LogP contribution >= 0.6 is 23.2 Å². The molecule has 1 rings (SSSR count). The molecule has 0 aliphatic heterocycles. The monoisotopic (exact) mass is 350 g/mol. The average molecular weight is 351 g/mol. The van der Waals surface area contributed by atoms with Crippen molar-refractivity contribution < 1.29 is 8.42 Å². The molecule has 0 saturated heterocycles. The highest BCUT2D eigenvalue weighted by molar-refractivity contribution is 7.92. The van der Waals surface area contributed by atoms with Crippen LogP contribution in [0, 0.1) is 6.92 Å². The number of hydrogen-bond acceptors (Lipinski definition) is 2. The quantitative estimate of drug-likeness (QED) is 0.716. The van der Waals surface area contributed by atoms with E-state index in [0.29, 0.717) is 18.2 Å². The Morgan fingerprint density at radius 3 is 2.10 bits per heavy atom. The third-order valence-electron chi connectivity index (χ3n) is 3.92. The molecule has 0 saturated carbocycles. The standard InChI is InChI=1S/C16H24Cl2O2S/c1-13-6-5-7-14(10-13)16(11-17,12-18)8-9-21(19,20)15(2,3)4/h5-7,10H,8-9,11-12H2,1-4H3. The molecule has 0 aliphatic carbocycles. The summed E-state index contributed by atoms with van der Waals surface area (Å²) >= 11 is 12.4. The van der Waals surface area contributed by atoms with Gasteiger partial charge in [-0.1, -0.05) is 29.8 Å². The van der Waals surface area contributed by atoms with Crippen molar-refractivity contribution in [3.63, 3.8) is 0 Å². The lowest BCUT2D eigenvalue weighted by molar-refractivity contribution is 0.502. The van der Waals surface area contributed by atoms with Crippen molar-refractivity contribution in [3.05, 3.63) is 35.4 Å². The minimum atomic E-state index is -3.19. The molecule has 5 heteroatoms. The van der Waals surface area contributed by atoms with Crippen LogP contribution in [0.5, 0.6) is 0 Å². The molecule has 21 heavy (non-hydrogen) atoms. The first kappa shape index (κ1) is 18.8. The van der Waals surface area contributed by atoms with E-state index in [-0.39, 0.29) is 5.75 Å². The van der Waals surface area contributed by atoms with Crippen LogP contribution in [0.25, 0.3) is 0 Å². The second kappa shape index (κ2) is 6.89. The number of alkyl halides is 2. The van der Waals surface area contributed by atoms with E-state index >= 15 is 0 Å². The predicted molar refractivity (Wildman–Crippen MR) is 92.5 cm³/mol. The van der Waals surface area contributed by atoms with Crippen molar-refractivity contribution in [2.45, 2.75) is 44.3 Å². The fraction of sp³-hybridized carbons (Fsp3) is 0.625. The molecule has 0 amide bonds. The number of rotatable bonds is 6. The number of benzene rings is 1. The second-order valence-electron chi connectivity index (χ2n) is 6.60. The van der Waals surface area contributed by atoms with Crippen molar-refractivity contribution in [2.24, 2.45) is 0 Å². The van der Waals surface area contributed by atoms with Gasteiger partial charge in [-0.05, 0) is 39.7 Å². The molecule has 0 spiro atoms. The average Bonchev–Trinajstić information content (AvgIpc) is 2.39. The summed E-state index contributed by atoms with van der Waals surface area (Å²) in [4.78, 5) is 0. The van der Waals surface area contributed by atoms with Gasteiger partial charge in [-0.2, -0.15) is 0 Å². The molecular formula is C16H24Cl2O2S. The minimum absolute atomic E-state index is 0.0872. The van der Waals surface area contributed by atoms with Crippen molar-refractivity contribution in [1.82, 2.24) is 0 Å². The molecule has 0 heterocycles. The van der Waals surface area contributed by atoms with E-state index in [4.69, 9.17) is 23.2 Å². The first-order chi connectivity index (χ1) is 9.58. The third kappa shape index (κ3) is 4.37. The normalized spacial score (nSPS) is 13.4. The van der Waals surface area contributed by atoms with E-state index in [2.05, 4.69) is 0 Å². The molecule has 1 aromatic carbocycles. The van der Waals surface area contributed by atoms with Crippen LogP contribution < -0.4 is 0 Å². The van der Waals surface area contributed by atoms with Crippen molar-refractivity contribution in [2.75, 3.05) is 17.5 Å². The Hall–Kier alpha value is -0.250. The second-order valence-corrected chi connectivity index (χ2v) is 10.00. The van der Waals surface area contributed by atoms with Crippen LogP contribution in [0.2, 0.25) is 0 Å². The number of halogens is 2. The lowest BCUT2D eigenvalue weighted by Gasteiger charge is -2.32. The van der Waals surface area contributed by atoms with Gasteiger partial charge in [-0.3, -0.25) is 0 Å². The highest BCUT2D eigenvalue weighted by atomic mass is 35.5. The smallest absolute Gasteiger partial charge is 0.155 e. The SMILES string of the molecule is Cc1cccc(C(CCl)(CCl)CCS(=O)(=O)C(C)(C)C)c1. The van der Waals surface area contributed by atoms with Gasteiger partial charge in [0.2, 0.25) is 0 Å². The van der Waals surface area contributed by atoms with Gasteiger partial charge in [-0.15, -0.1) is 23.2 Å². The van der Waals surface area contributed by atoms with Gasteiger partial charge in [-0.25, -0.2) is 8.42 Å². The Kier molecular flexibility index (Phi) is 6.17. The van der Waals surface area contributed by atoms with Crippen LogP contribution in [0.4, 0.5) is 0 Å². The van der Waals surface area contributed by atoms with Crippen LogP contribution in [-0.2, 0) is 15.3 Å². The maximum Gasteiger partial charge on any atom is 0.155 e. The zero-order chi connectivity index (χ0) is 16.3. The number of hydrogen-bond donors (Lipinski definition) is 0. The summed E-state index contributed by atoms with van der Waals surface area (Å²) in [5.41, 5.74) is 1.62. The van der Waals surface area contributed by atoms with Gasteiger partial charge in [0.05, 0.1) is 10.5 Å². The number of sulfone groups is 1. The summed E-state index contributed by atoms with van der Waals surface area (Å²) < 4.78 is 23.9. The molecule has 0 aromatic heterocycles. The molecule has 120 valence electrons. The third-order valence-corrected chi connectivity index (χ3v) is 7.56. The van der Waals surface area contributed by atoms with E-state index in [0.717, 1.165) is 11.1 Å². The molecule has 0 unspecified atom stereocenters. The van der Waals surface area contributed by atoms with E-state index < -0.39 is 20.0 Å². The summed E-state index contributed by atoms with van der Waals surface area (Å²) in [5, 5.41) is 0. The molecule has 0 fully saturated rings. The molecule has 0 radical (unpaired) electrons. The van der Waals surface area contributed by atoms with Crippen molar-refractivity contribution in [3.8, 4) is 0 Å². The molecule has 0 aliphatic rings. The van der Waals surface area contributed by atoms with E-state index in [1.54, 1.807) is 20.8 Å². The molecule has 0 N–H and O–H groups in total. The van der Waals surface area contributed by atoms with Gasteiger partial charge < -0.3 is 0 Å². The largest absolute Gasteiger partial charge is 0.228 e. The minimum Gasteiger partial charge on any atom is -0.228 e. The lowest BCUT2D eigenvalue weighted by Crippen LogP contribution is -2.37. The van der Waals surface area contributed by atoms with Crippen LogP contribution in [0.15, 0.2) is 24.3 Å². The van der Waals surface area contributed by atoms with Crippen LogP contribution in [-0.4, -0.2) is 30.7 Å². The highest BCUT2D eigenvalue weighted by Gasteiger charge is 2.36. The van der Waals surface area contributed by atoms with Gasteiger partial charge >= 0.3 is 0 Å². The Morgan fingerprint density at radius 1 is 1.10 bits per heavy atom. The Labute approximate surface area is 138 Å². The van der Waals surface area contributed by atoms with E-state index in [1.807, 2.05) is 31.2 Å². The fourth-order valence-corrected chi connectivity index (χ4v) is 4.21. The fourth-order valence-electron chi connectivity index (χ4n) is 2.08. The van der Waals surface area contributed by atoms with Crippen molar-refractivity contribution >= 4 is 33.0 Å². The summed E-state index contributed by atoms with van der Waals surface area (Å²) in [5.74, 6) is 0.698. The lowest BCUT2D eigenvalue weighted by atomic mass is 9.81. The maximum atomic E-state index is 12.3. The molecule has 0 atom stereocenters. The zero-order valence-corrected chi connectivity index (χ0v) is 15.4. The van der Waals surface area contributed by atoms with E-state index in [9.17, 15) is 8.42 Å². The molecule has 1 aromatic rings. The zero-order valence-electron chi connectivity index (χ0n) is 13.1. The van der Waals surface area contributed by atoms with Gasteiger partial charge in [0.15, 0.2) is 9.84 Å². The van der Waals surface area contributed by atoms with Crippen molar-refractivity contribution in [1.29, 1.82) is 0 Å².